The van der Waals surface area contributed by atoms with Gasteiger partial charge >= 0.3 is 5.97 Å². The van der Waals surface area contributed by atoms with Crippen molar-refractivity contribution in [3.8, 4) is 0 Å². The number of carbonyl (C=O) groups excluding carboxylic acids is 1. The molecule has 5 heteroatoms. The molecule has 0 fully saturated rings. The molecule has 0 amide bonds. The van der Waals surface area contributed by atoms with Gasteiger partial charge in [-0.2, -0.15) is 0 Å². The maximum Gasteiger partial charge on any atom is 0.303 e. The average molecular weight is 252 g/mol. The molecule has 1 unspecified atom stereocenters. The van der Waals surface area contributed by atoms with Crippen LogP contribution in [0.2, 0.25) is 0 Å². The van der Waals surface area contributed by atoms with E-state index in [1.54, 1.807) is 0 Å². The van der Waals surface area contributed by atoms with E-state index < -0.39 is 0 Å². The molecule has 0 bridgehead atoms. The molecule has 0 aliphatic rings. The quantitative estimate of drug-likeness (QED) is 0.619. The number of nitrogens with one attached hydrogen (secondary N) is 1. The number of rotatable bonds is 5. The van der Waals surface area contributed by atoms with Crippen LogP contribution in [0.15, 0.2) is 30.3 Å². The summed E-state index contributed by atoms with van der Waals surface area (Å²) >= 11 is 4.52. The molecule has 4 nitrogen and oxygen atoms in total. The van der Waals surface area contributed by atoms with E-state index in [0.29, 0.717) is 6.54 Å². The first-order valence-electron chi connectivity index (χ1n) is 5.12. The second-order valence-electron chi connectivity index (χ2n) is 3.45. The van der Waals surface area contributed by atoms with E-state index in [0.717, 1.165) is 5.56 Å². The molecule has 1 rings (SSSR count). The molecule has 1 radical (unpaired) electrons. The number of ether oxygens (including phenoxy) is 1. The topological polar surface area (TPSA) is 58.6 Å². The highest BCUT2D eigenvalue weighted by Crippen LogP contribution is 2.18. The van der Waals surface area contributed by atoms with Crippen molar-refractivity contribution in [3.05, 3.63) is 42.5 Å². The fourth-order valence-corrected chi connectivity index (χ4v) is 1.40. The number of esters is 1. The van der Waals surface area contributed by atoms with Crippen molar-refractivity contribution in [2.24, 2.45) is 0 Å². The number of benzene rings is 1. The zero-order chi connectivity index (χ0) is 12.7. The molecule has 0 aromatic heterocycles. The molecular formula is C12H14NO3S. The van der Waals surface area contributed by atoms with Crippen LogP contribution in [0.4, 0.5) is 0 Å². The van der Waals surface area contributed by atoms with E-state index in [1.807, 2.05) is 30.3 Å². The van der Waals surface area contributed by atoms with Crippen molar-refractivity contribution in [2.75, 3.05) is 6.54 Å². The Bertz CT molecular complexity index is 363. The highest BCUT2D eigenvalue weighted by atomic mass is 32.1. The van der Waals surface area contributed by atoms with Gasteiger partial charge in [-0.05, 0) is 17.8 Å². The van der Waals surface area contributed by atoms with Gasteiger partial charge < -0.3 is 15.2 Å². The Hall–Kier alpha value is -1.62. The fourth-order valence-electron chi connectivity index (χ4n) is 1.32. The molecule has 0 saturated heterocycles. The third-order valence-corrected chi connectivity index (χ3v) is 2.24. The van der Waals surface area contributed by atoms with Gasteiger partial charge in [-0.25, -0.2) is 0 Å². The maximum absolute atomic E-state index is 10.8. The van der Waals surface area contributed by atoms with Crippen molar-refractivity contribution in [3.63, 3.8) is 0 Å². The van der Waals surface area contributed by atoms with Crippen LogP contribution < -0.4 is 5.32 Å². The number of aliphatic hydroxyl groups excluding tert-OH is 1. The predicted octanol–water partition coefficient (Wildman–Crippen LogP) is 1.93. The van der Waals surface area contributed by atoms with Gasteiger partial charge in [0.2, 0.25) is 0 Å². The van der Waals surface area contributed by atoms with Gasteiger partial charge in [0.25, 0.3) is 5.17 Å². The largest absolute Gasteiger partial charge is 0.487 e. The normalized spacial score (nSPS) is 11.6. The van der Waals surface area contributed by atoms with Gasteiger partial charge in [0.15, 0.2) is 0 Å². The highest BCUT2D eigenvalue weighted by molar-refractivity contribution is 7.79. The molecule has 17 heavy (non-hydrogen) atoms. The average Bonchev–Trinajstić information content (AvgIpc) is 2.29. The summed E-state index contributed by atoms with van der Waals surface area (Å²) in [5, 5.41) is 11.3. The third kappa shape index (κ3) is 5.31. The Balaban J connectivity index is 2.64. The van der Waals surface area contributed by atoms with Gasteiger partial charge in [0.05, 0.1) is 0 Å². The maximum atomic E-state index is 10.8. The minimum Gasteiger partial charge on any atom is -0.487 e. The molecule has 1 aromatic carbocycles. The minimum absolute atomic E-state index is 0.162. The molecule has 0 heterocycles. The zero-order valence-electron chi connectivity index (χ0n) is 9.42. The lowest BCUT2D eigenvalue weighted by molar-refractivity contribution is -0.137. The van der Waals surface area contributed by atoms with Crippen molar-refractivity contribution < 1.29 is 14.6 Å². The molecule has 1 atom stereocenters. The van der Waals surface area contributed by atoms with Gasteiger partial charge in [0.1, 0.15) is 6.61 Å². The van der Waals surface area contributed by atoms with Crippen LogP contribution in [0.1, 0.15) is 18.4 Å². The van der Waals surface area contributed by atoms with Crippen molar-refractivity contribution >= 4 is 23.4 Å². The first-order chi connectivity index (χ1) is 8.09. The van der Waals surface area contributed by atoms with Gasteiger partial charge in [-0.3, -0.25) is 4.79 Å². The van der Waals surface area contributed by atoms with Gasteiger partial charge in [0, 0.05) is 19.4 Å². The summed E-state index contributed by atoms with van der Waals surface area (Å²) in [7, 11) is 0. The Morgan fingerprint density at radius 1 is 1.53 bits per heavy atom. The van der Waals surface area contributed by atoms with Crippen LogP contribution in [-0.2, 0) is 9.53 Å². The number of hydrogen-bond acceptors (Lipinski definition) is 3. The Morgan fingerprint density at radius 3 is 2.71 bits per heavy atom. The van der Waals surface area contributed by atoms with E-state index in [9.17, 15) is 4.79 Å². The van der Waals surface area contributed by atoms with E-state index in [-0.39, 0.29) is 17.1 Å². The standard InChI is InChI=1S/C12H14NO3S/c1-9(14)16-8-11(7-13-12(15)17)10-5-3-2-4-6-10/h2-6,8,11H,7H2,1H3,(H2,13,15,17). The van der Waals surface area contributed by atoms with Crippen LogP contribution in [0.3, 0.4) is 0 Å². The van der Waals surface area contributed by atoms with E-state index in [4.69, 9.17) is 9.84 Å². The number of carbonyl (C=O) groups is 1. The van der Waals surface area contributed by atoms with Gasteiger partial charge in [-0.15, -0.1) is 0 Å². The summed E-state index contributed by atoms with van der Waals surface area (Å²) < 4.78 is 4.86. The Kier molecular flexibility index (Phi) is 5.42. The summed E-state index contributed by atoms with van der Waals surface area (Å²) in [5.41, 5.74) is 0.970. The third-order valence-electron chi connectivity index (χ3n) is 2.10. The van der Waals surface area contributed by atoms with Crippen LogP contribution in [0.5, 0.6) is 0 Å². The lowest BCUT2D eigenvalue weighted by atomic mass is 10.0. The molecular weight excluding hydrogens is 238 g/mol. The van der Waals surface area contributed by atoms with E-state index >= 15 is 0 Å². The number of thiocarbonyl (C=S) groups is 1. The SMILES string of the molecule is CC(=O)O[CH]C(CNC(O)=S)c1ccccc1. The number of hydrogen-bond donors (Lipinski definition) is 2. The lowest BCUT2D eigenvalue weighted by Crippen LogP contribution is -2.27. The lowest BCUT2D eigenvalue weighted by Gasteiger charge is -2.16. The smallest absolute Gasteiger partial charge is 0.303 e. The summed E-state index contributed by atoms with van der Waals surface area (Å²) in [6, 6.07) is 9.50. The molecule has 0 aliphatic carbocycles. The summed E-state index contributed by atoms with van der Waals surface area (Å²) in [6.45, 7) is 3.14. The van der Waals surface area contributed by atoms with E-state index in [1.165, 1.54) is 13.5 Å². The van der Waals surface area contributed by atoms with Crippen LogP contribution in [0, 0.1) is 6.61 Å². The molecule has 1 aromatic rings. The summed E-state index contributed by atoms with van der Waals surface area (Å²) in [4.78, 5) is 10.8. The Labute approximate surface area is 106 Å². The first kappa shape index (κ1) is 13.4. The van der Waals surface area contributed by atoms with Crippen LogP contribution >= 0.6 is 12.2 Å². The van der Waals surface area contributed by atoms with Crippen molar-refractivity contribution in [1.82, 2.24) is 5.32 Å². The summed E-state index contributed by atoms with van der Waals surface area (Å²) in [6.07, 6.45) is 0. The monoisotopic (exact) mass is 252 g/mol. The molecule has 0 aliphatic heterocycles. The minimum atomic E-state index is -0.377. The zero-order valence-corrected chi connectivity index (χ0v) is 10.2. The highest BCUT2D eigenvalue weighted by Gasteiger charge is 2.14. The Morgan fingerprint density at radius 2 is 2.18 bits per heavy atom. The van der Waals surface area contributed by atoms with E-state index in [2.05, 4.69) is 17.5 Å². The van der Waals surface area contributed by atoms with Crippen molar-refractivity contribution in [1.29, 1.82) is 0 Å². The fraction of sp³-hybridized carbons (Fsp3) is 0.250. The predicted molar refractivity (Wildman–Crippen MR) is 68.5 cm³/mol. The van der Waals surface area contributed by atoms with Crippen LogP contribution in [-0.4, -0.2) is 22.8 Å². The molecule has 2 N–H and O–H groups in total. The van der Waals surface area contributed by atoms with Crippen LogP contribution in [0.25, 0.3) is 0 Å². The summed E-state index contributed by atoms with van der Waals surface area (Å²) in [5.74, 6) is -0.539. The molecule has 0 saturated carbocycles. The van der Waals surface area contributed by atoms with Gasteiger partial charge in [-0.1, -0.05) is 30.3 Å². The molecule has 0 spiro atoms. The molecule has 91 valence electrons. The van der Waals surface area contributed by atoms with Crippen molar-refractivity contribution in [2.45, 2.75) is 12.8 Å². The second kappa shape index (κ2) is 6.85. The first-order valence-corrected chi connectivity index (χ1v) is 5.52. The number of aliphatic hydroxyl groups is 1. The second-order valence-corrected chi connectivity index (χ2v) is 3.84.